The molecule has 1 aromatic carbocycles. The first-order chi connectivity index (χ1) is 8.58. The highest BCUT2D eigenvalue weighted by atomic mass is 19.1. The average molecular weight is 248 g/mol. The van der Waals surface area contributed by atoms with Gasteiger partial charge in [-0.2, -0.15) is 0 Å². The third-order valence-corrected chi connectivity index (χ3v) is 2.76. The molecule has 0 radical (unpaired) electrons. The minimum atomic E-state index is -0.227. The maximum Gasteiger partial charge on any atom is 0.123 e. The highest BCUT2D eigenvalue weighted by Gasteiger charge is 2.10. The van der Waals surface area contributed by atoms with Crippen LogP contribution in [0.25, 0.3) is 11.3 Å². The van der Waals surface area contributed by atoms with Gasteiger partial charge in [-0.1, -0.05) is 19.1 Å². The van der Waals surface area contributed by atoms with E-state index in [9.17, 15) is 4.39 Å². The van der Waals surface area contributed by atoms with E-state index < -0.39 is 0 Å². The Morgan fingerprint density at radius 2 is 2.17 bits per heavy atom. The number of halogens is 1. The highest BCUT2D eigenvalue weighted by molar-refractivity contribution is 5.63. The highest BCUT2D eigenvalue weighted by Crippen LogP contribution is 2.23. The van der Waals surface area contributed by atoms with E-state index in [-0.39, 0.29) is 5.82 Å². The molecule has 0 aliphatic rings. The van der Waals surface area contributed by atoms with Crippen LogP contribution in [0.15, 0.2) is 24.4 Å². The van der Waals surface area contributed by atoms with Crippen LogP contribution in [0.2, 0.25) is 0 Å². The maximum absolute atomic E-state index is 13.3. The molecule has 2 aromatic rings. The maximum atomic E-state index is 13.3. The minimum Gasteiger partial charge on any atom is -0.310 e. The average Bonchev–Trinajstić information content (AvgIpc) is 2.73. The fourth-order valence-electron chi connectivity index (χ4n) is 1.81. The molecule has 0 amide bonds. The standard InChI is InChI=1S/C13H17FN4/c1-9(2)15-7-10-6-11(14)4-5-12(10)13-8-16-17-18(13)3/h4-6,8-9,15H,7H2,1-3H3. The van der Waals surface area contributed by atoms with Crippen LogP contribution in [0.4, 0.5) is 4.39 Å². The van der Waals surface area contributed by atoms with E-state index in [4.69, 9.17) is 0 Å². The Balaban J connectivity index is 2.37. The van der Waals surface area contributed by atoms with Gasteiger partial charge in [0.1, 0.15) is 5.82 Å². The van der Waals surface area contributed by atoms with Crippen molar-refractivity contribution in [3.05, 3.63) is 35.8 Å². The van der Waals surface area contributed by atoms with Gasteiger partial charge in [0.2, 0.25) is 0 Å². The Morgan fingerprint density at radius 3 is 2.78 bits per heavy atom. The van der Waals surface area contributed by atoms with Gasteiger partial charge in [-0.25, -0.2) is 9.07 Å². The summed E-state index contributed by atoms with van der Waals surface area (Å²) >= 11 is 0. The van der Waals surface area contributed by atoms with Crippen LogP contribution in [0.3, 0.4) is 0 Å². The first-order valence-corrected chi connectivity index (χ1v) is 5.95. The van der Waals surface area contributed by atoms with Crippen molar-refractivity contribution >= 4 is 0 Å². The second-order valence-corrected chi connectivity index (χ2v) is 4.58. The second kappa shape index (κ2) is 5.27. The monoisotopic (exact) mass is 248 g/mol. The topological polar surface area (TPSA) is 42.7 Å². The number of hydrogen-bond donors (Lipinski definition) is 1. The summed E-state index contributed by atoms with van der Waals surface area (Å²) in [7, 11) is 1.82. The molecule has 0 saturated carbocycles. The molecule has 1 heterocycles. The van der Waals surface area contributed by atoms with Gasteiger partial charge in [-0.15, -0.1) is 5.10 Å². The molecule has 0 saturated heterocycles. The lowest BCUT2D eigenvalue weighted by Gasteiger charge is -2.12. The molecule has 1 N–H and O–H groups in total. The molecular formula is C13H17FN4. The molecule has 0 bridgehead atoms. The summed E-state index contributed by atoms with van der Waals surface area (Å²) in [4.78, 5) is 0. The zero-order valence-electron chi connectivity index (χ0n) is 10.8. The number of aromatic nitrogens is 3. The second-order valence-electron chi connectivity index (χ2n) is 4.58. The van der Waals surface area contributed by atoms with Crippen LogP contribution >= 0.6 is 0 Å². The van der Waals surface area contributed by atoms with Gasteiger partial charge in [0.05, 0.1) is 11.9 Å². The molecular weight excluding hydrogens is 231 g/mol. The molecule has 2 rings (SSSR count). The first kappa shape index (κ1) is 12.7. The SMILES string of the molecule is CC(C)NCc1cc(F)ccc1-c1cnnn1C. The molecule has 0 spiro atoms. The largest absolute Gasteiger partial charge is 0.310 e. The number of benzene rings is 1. The van der Waals surface area contributed by atoms with E-state index in [0.717, 1.165) is 16.8 Å². The van der Waals surface area contributed by atoms with Crippen LogP contribution in [-0.4, -0.2) is 21.0 Å². The molecule has 18 heavy (non-hydrogen) atoms. The van der Waals surface area contributed by atoms with E-state index in [1.165, 1.54) is 6.07 Å². The summed E-state index contributed by atoms with van der Waals surface area (Å²) in [5.74, 6) is -0.227. The van der Waals surface area contributed by atoms with E-state index in [2.05, 4.69) is 29.5 Å². The van der Waals surface area contributed by atoms with Crippen molar-refractivity contribution in [1.82, 2.24) is 20.3 Å². The first-order valence-electron chi connectivity index (χ1n) is 5.95. The van der Waals surface area contributed by atoms with Crippen LogP contribution in [0, 0.1) is 5.82 Å². The smallest absolute Gasteiger partial charge is 0.123 e. The summed E-state index contributed by atoms with van der Waals surface area (Å²) in [6, 6.07) is 5.13. The van der Waals surface area contributed by atoms with Gasteiger partial charge in [0.25, 0.3) is 0 Å². The van der Waals surface area contributed by atoms with E-state index in [1.807, 2.05) is 7.05 Å². The van der Waals surface area contributed by atoms with Crippen LogP contribution < -0.4 is 5.32 Å². The van der Waals surface area contributed by atoms with Crippen LogP contribution in [0.5, 0.6) is 0 Å². The van der Waals surface area contributed by atoms with E-state index in [0.29, 0.717) is 12.6 Å². The lowest BCUT2D eigenvalue weighted by Crippen LogP contribution is -2.22. The van der Waals surface area contributed by atoms with Crippen molar-refractivity contribution in [2.75, 3.05) is 0 Å². The van der Waals surface area contributed by atoms with Gasteiger partial charge in [0, 0.05) is 25.2 Å². The quantitative estimate of drug-likeness (QED) is 0.901. The van der Waals surface area contributed by atoms with Crippen molar-refractivity contribution in [2.45, 2.75) is 26.4 Å². The molecule has 1 aromatic heterocycles. The molecule has 0 fully saturated rings. The number of nitrogens with zero attached hydrogens (tertiary/aromatic N) is 3. The zero-order chi connectivity index (χ0) is 13.1. The Morgan fingerprint density at radius 1 is 1.39 bits per heavy atom. The van der Waals surface area contributed by atoms with Gasteiger partial charge >= 0.3 is 0 Å². The molecule has 0 aliphatic carbocycles. The summed E-state index contributed by atoms with van der Waals surface area (Å²) in [5, 5.41) is 11.1. The lowest BCUT2D eigenvalue weighted by molar-refractivity contribution is 0.581. The van der Waals surface area contributed by atoms with Gasteiger partial charge in [-0.05, 0) is 23.8 Å². The fourth-order valence-corrected chi connectivity index (χ4v) is 1.81. The predicted octanol–water partition coefficient (Wildman–Crippen LogP) is 2.12. The molecule has 5 heteroatoms. The Hall–Kier alpha value is -1.75. The Bertz CT molecular complexity index is 534. The van der Waals surface area contributed by atoms with Gasteiger partial charge in [-0.3, -0.25) is 0 Å². The summed E-state index contributed by atoms with van der Waals surface area (Å²) in [5.41, 5.74) is 2.75. The Kier molecular flexibility index (Phi) is 3.72. The molecule has 4 nitrogen and oxygen atoms in total. The lowest BCUT2D eigenvalue weighted by atomic mass is 10.0. The van der Waals surface area contributed by atoms with Crippen molar-refractivity contribution in [1.29, 1.82) is 0 Å². The van der Waals surface area contributed by atoms with Crippen LogP contribution in [0.1, 0.15) is 19.4 Å². The Labute approximate surface area is 106 Å². The summed E-state index contributed by atoms with van der Waals surface area (Å²) in [6.45, 7) is 4.74. The molecule has 0 atom stereocenters. The number of nitrogens with one attached hydrogen (secondary N) is 1. The third kappa shape index (κ3) is 2.73. The van der Waals surface area contributed by atoms with Crippen molar-refractivity contribution in [3.63, 3.8) is 0 Å². The number of rotatable bonds is 4. The normalized spacial score (nSPS) is 11.2. The molecule has 96 valence electrons. The van der Waals surface area contributed by atoms with E-state index >= 15 is 0 Å². The van der Waals surface area contributed by atoms with E-state index in [1.54, 1.807) is 23.0 Å². The predicted molar refractivity (Wildman–Crippen MR) is 68.4 cm³/mol. The molecule has 0 unspecified atom stereocenters. The van der Waals surface area contributed by atoms with Crippen molar-refractivity contribution in [2.24, 2.45) is 7.05 Å². The van der Waals surface area contributed by atoms with Crippen LogP contribution in [-0.2, 0) is 13.6 Å². The summed E-state index contributed by atoms with van der Waals surface area (Å²) < 4.78 is 15.0. The van der Waals surface area contributed by atoms with Crippen molar-refractivity contribution in [3.8, 4) is 11.3 Å². The zero-order valence-corrected chi connectivity index (χ0v) is 10.8. The minimum absolute atomic E-state index is 0.227. The van der Waals surface area contributed by atoms with Gasteiger partial charge < -0.3 is 5.32 Å². The van der Waals surface area contributed by atoms with Crippen molar-refractivity contribution < 1.29 is 4.39 Å². The molecule has 0 aliphatic heterocycles. The third-order valence-electron chi connectivity index (χ3n) is 2.76. The number of hydrogen-bond acceptors (Lipinski definition) is 3. The fraction of sp³-hybridized carbons (Fsp3) is 0.385. The van der Waals surface area contributed by atoms with Gasteiger partial charge in [0.15, 0.2) is 0 Å². The summed E-state index contributed by atoms with van der Waals surface area (Å²) in [6.07, 6.45) is 1.69. The number of aryl methyl sites for hydroxylation is 1.